The maximum atomic E-state index is 5.62. The van der Waals surface area contributed by atoms with Gasteiger partial charge >= 0.3 is 0 Å². The number of nitrogen functional groups attached to an aromatic ring is 1. The number of rotatable bonds is 2. The highest BCUT2D eigenvalue weighted by molar-refractivity contribution is 7.56. The van der Waals surface area contributed by atoms with Gasteiger partial charge in [0.2, 0.25) is 0 Å². The van der Waals surface area contributed by atoms with E-state index in [1.54, 1.807) is 0 Å². The summed E-state index contributed by atoms with van der Waals surface area (Å²) in [6, 6.07) is 7.66. The number of anilines is 1. The molecule has 0 saturated heterocycles. The lowest BCUT2D eigenvalue weighted by molar-refractivity contribution is 0.987. The standard InChI is InChI=1S/C7H9N2S/c8-7-4-2-1-3-6(7)5-9-10/h1-4,9H,5,8H2/q-1. The molecule has 1 aromatic rings. The molecule has 3 heteroatoms. The van der Waals surface area contributed by atoms with Gasteiger partial charge in [-0.25, -0.2) is 0 Å². The first kappa shape index (κ1) is 7.44. The second-order valence-corrected chi connectivity index (χ2v) is 2.31. The lowest BCUT2D eigenvalue weighted by Crippen LogP contribution is -2.05. The van der Waals surface area contributed by atoms with Crippen molar-refractivity contribution in [1.82, 2.24) is 4.72 Å². The van der Waals surface area contributed by atoms with Crippen LogP contribution in [0.15, 0.2) is 24.3 Å². The minimum absolute atomic E-state index is 0.655. The highest BCUT2D eigenvalue weighted by Gasteiger charge is 1.91. The Hall–Kier alpha value is -0.670. The van der Waals surface area contributed by atoms with Gasteiger partial charge in [0.15, 0.2) is 0 Å². The normalized spacial score (nSPS) is 9.70. The largest absolute Gasteiger partial charge is 0.705 e. The molecule has 0 heterocycles. The van der Waals surface area contributed by atoms with E-state index >= 15 is 0 Å². The zero-order valence-corrected chi connectivity index (χ0v) is 6.32. The van der Waals surface area contributed by atoms with Crippen molar-refractivity contribution in [2.45, 2.75) is 6.54 Å². The summed E-state index contributed by atoms with van der Waals surface area (Å²) in [6.45, 7) is 0.655. The van der Waals surface area contributed by atoms with Crippen molar-refractivity contribution in [3.8, 4) is 0 Å². The van der Waals surface area contributed by atoms with Crippen LogP contribution < -0.4 is 10.5 Å². The molecule has 3 N–H and O–H groups in total. The zero-order chi connectivity index (χ0) is 7.40. The lowest BCUT2D eigenvalue weighted by Gasteiger charge is -2.09. The van der Waals surface area contributed by atoms with Crippen LogP contribution in [0.4, 0.5) is 5.69 Å². The minimum atomic E-state index is 0.655. The third-order valence-electron chi connectivity index (χ3n) is 1.32. The van der Waals surface area contributed by atoms with E-state index in [0.717, 1.165) is 11.3 Å². The van der Waals surface area contributed by atoms with Gasteiger partial charge in [0.1, 0.15) is 0 Å². The van der Waals surface area contributed by atoms with Crippen LogP contribution in [0.25, 0.3) is 0 Å². The van der Waals surface area contributed by atoms with E-state index in [9.17, 15) is 0 Å². The van der Waals surface area contributed by atoms with E-state index in [-0.39, 0.29) is 0 Å². The lowest BCUT2D eigenvalue weighted by atomic mass is 10.2. The number of nitrogens with two attached hydrogens (primary N) is 1. The first-order valence-corrected chi connectivity index (χ1v) is 3.44. The van der Waals surface area contributed by atoms with Crippen LogP contribution in [0.1, 0.15) is 5.56 Å². The van der Waals surface area contributed by atoms with Crippen molar-refractivity contribution in [2.24, 2.45) is 0 Å². The molecule has 0 unspecified atom stereocenters. The van der Waals surface area contributed by atoms with Gasteiger partial charge in [-0.2, -0.15) is 0 Å². The summed E-state index contributed by atoms with van der Waals surface area (Å²) in [4.78, 5) is 0. The van der Waals surface area contributed by atoms with Crippen LogP contribution >= 0.6 is 0 Å². The van der Waals surface area contributed by atoms with Crippen LogP contribution in [0.2, 0.25) is 0 Å². The van der Waals surface area contributed by atoms with Gasteiger partial charge < -0.3 is 23.3 Å². The van der Waals surface area contributed by atoms with E-state index in [2.05, 4.69) is 17.5 Å². The molecule has 0 aliphatic rings. The molecule has 54 valence electrons. The Morgan fingerprint density at radius 2 is 2.10 bits per heavy atom. The Labute approximate surface area is 66.0 Å². The van der Waals surface area contributed by atoms with Gasteiger partial charge in [-0.3, -0.25) is 0 Å². The van der Waals surface area contributed by atoms with E-state index < -0.39 is 0 Å². The zero-order valence-electron chi connectivity index (χ0n) is 5.50. The SMILES string of the molecule is Nc1ccccc1CN[S-]. The van der Waals surface area contributed by atoms with Gasteiger partial charge in [-0.15, -0.1) is 0 Å². The monoisotopic (exact) mass is 153 g/mol. The average Bonchev–Trinajstić information content (AvgIpc) is 1.94. The van der Waals surface area contributed by atoms with Crippen LogP contribution in [0.5, 0.6) is 0 Å². The quantitative estimate of drug-likeness (QED) is 0.488. The Morgan fingerprint density at radius 3 is 2.70 bits per heavy atom. The Kier molecular flexibility index (Phi) is 2.59. The first-order valence-electron chi connectivity index (χ1n) is 3.03. The molecule has 10 heavy (non-hydrogen) atoms. The molecule has 0 radical (unpaired) electrons. The van der Waals surface area contributed by atoms with Crippen molar-refractivity contribution >= 4 is 18.5 Å². The summed E-state index contributed by atoms with van der Waals surface area (Å²) >= 11 is 4.59. The van der Waals surface area contributed by atoms with Crippen LogP contribution in [0.3, 0.4) is 0 Å². The van der Waals surface area contributed by atoms with Crippen molar-refractivity contribution in [3.05, 3.63) is 29.8 Å². The molecule has 0 amide bonds. The first-order chi connectivity index (χ1) is 4.84. The van der Waals surface area contributed by atoms with Crippen molar-refractivity contribution < 1.29 is 0 Å². The minimum Gasteiger partial charge on any atom is -0.705 e. The summed E-state index contributed by atoms with van der Waals surface area (Å²) in [5, 5.41) is 0. The molecule has 0 atom stereocenters. The maximum Gasteiger partial charge on any atom is 0.0359 e. The summed E-state index contributed by atoms with van der Waals surface area (Å²) < 4.78 is 2.63. The van der Waals surface area contributed by atoms with Crippen molar-refractivity contribution in [1.29, 1.82) is 0 Å². The molecule has 0 aliphatic carbocycles. The second kappa shape index (κ2) is 3.49. The molecule has 1 aromatic carbocycles. The topological polar surface area (TPSA) is 38.0 Å². The molecular formula is C7H9N2S-. The Bertz CT molecular complexity index is 213. The smallest absolute Gasteiger partial charge is 0.0359 e. The summed E-state index contributed by atoms with van der Waals surface area (Å²) in [5.74, 6) is 0. The van der Waals surface area contributed by atoms with Crippen molar-refractivity contribution in [2.75, 3.05) is 5.73 Å². The number of para-hydroxylation sites is 1. The van der Waals surface area contributed by atoms with Gasteiger partial charge in [-0.1, -0.05) is 18.2 Å². The van der Waals surface area contributed by atoms with Gasteiger partial charge in [-0.05, 0) is 11.6 Å². The molecule has 2 nitrogen and oxygen atoms in total. The van der Waals surface area contributed by atoms with E-state index in [1.807, 2.05) is 24.3 Å². The van der Waals surface area contributed by atoms with Gasteiger partial charge in [0.05, 0.1) is 0 Å². The highest BCUT2D eigenvalue weighted by Crippen LogP contribution is 2.08. The Balaban J connectivity index is 2.81. The molecule has 0 aromatic heterocycles. The number of hydrogen-bond donors (Lipinski definition) is 2. The number of hydrogen-bond acceptors (Lipinski definition) is 3. The maximum absolute atomic E-state index is 5.62. The summed E-state index contributed by atoms with van der Waals surface area (Å²) in [5.41, 5.74) is 7.47. The van der Waals surface area contributed by atoms with Crippen LogP contribution in [-0.2, 0) is 19.4 Å². The second-order valence-electron chi connectivity index (χ2n) is 2.02. The van der Waals surface area contributed by atoms with E-state index in [0.29, 0.717) is 6.54 Å². The average molecular weight is 153 g/mol. The van der Waals surface area contributed by atoms with E-state index in [1.165, 1.54) is 0 Å². The number of benzene rings is 1. The third-order valence-corrected chi connectivity index (χ3v) is 1.46. The molecule has 1 rings (SSSR count). The predicted octanol–water partition coefficient (Wildman–Crippen LogP) is 0.820. The summed E-state index contributed by atoms with van der Waals surface area (Å²) in [6.07, 6.45) is 0. The molecule has 0 fully saturated rings. The fraction of sp³-hybridized carbons (Fsp3) is 0.143. The fourth-order valence-corrected chi connectivity index (χ4v) is 0.928. The van der Waals surface area contributed by atoms with Crippen LogP contribution in [0, 0.1) is 0 Å². The molecule has 0 saturated carbocycles. The van der Waals surface area contributed by atoms with Gasteiger partial charge in [0.25, 0.3) is 0 Å². The molecule has 0 aliphatic heterocycles. The molecule has 0 bridgehead atoms. The van der Waals surface area contributed by atoms with Crippen molar-refractivity contribution in [3.63, 3.8) is 0 Å². The van der Waals surface area contributed by atoms with Gasteiger partial charge in [0, 0.05) is 12.2 Å². The molecule has 0 spiro atoms. The highest BCUT2D eigenvalue weighted by atomic mass is 32.1. The predicted molar refractivity (Wildman–Crippen MR) is 45.1 cm³/mol. The third kappa shape index (κ3) is 1.65. The number of nitrogens with one attached hydrogen (secondary N) is 1. The molecular weight excluding hydrogens is 144 g/mol. The Morgan fingerprint density at radius 1 is 1.40 bits per heavy atom. The van der Waals surface area contributed by atoms with Crippen LogP contribution in [-0.4, -0.2) is 0 Å². The fourth-order valence-electron chi connectivity index (χ4n) is 0.773. The van der Waals surface area contributed by atoms with E-state index in [4.69, 9.17) is 5.73 Å². The summed E-state index contributed by atoms with van der Waals surface area (Å²) in [7, 11) is 0.